The van der Waals surface area contributed by atoms with E-state index in [1.807, 2.05) is 24.3 Å². The van der Waals surface area contributed by atoms with Gasteiger partial charge in [-0.05, 0) is 49.6 Å². The van der Waals surface area contributed by atoms with Gasteiger partial charge in [0.15, 0.2) is 12.4 Å². The smallest absolute Gasteiger partial charge is 0.362 e. The maximum absolute atomic E-state index is 12.6. The molecule has 1 aromatic heterocycles. The predicted octanol–water partition coefficient (Wildman–Crippen LogP) is 3.77. The zero-order valence-electron chi connectivity index (χ0n) is 18.7. The number of hydrogen-bond donors (Lipinski definition) is 1. The molecule has 8 nitrogen and oxygen atoms in total. The van der Waals surface area contributed by atoms with Crippen molar-refractivity contribution in [2.24, 2.45) is 0 Å². The molecule has 0 bridgehead atoms. The highest BCUT2D eigenvalue weighted by Crippen LogP contribution is 2.17. The van der Waals surface area contributed by atoms with E-state index in [1.165, 1.54) is 5.56 Å². The summed E-state index contributed by atoms with van der Waals surface area (Å²) in [5.74, 6) is -1.30. The van der Waals surface area contributed by atoms with Gasteiger partial charge in [-0.3, -0.25) is 9.59 Å². The van der Waals surface area contributed by atoms with Crippen LogP contribution in [0, 0.1) is 0 Å². The summed E-state index contributed by atoms with van der Waals surface area (Å²) in [6.45, 7) is 3.52. The van der Waals surface area contributed by atoms with Crippen LogP contribution < -0.4 is 15.6 Å². The number of benzene rings is 2. The molecule has 1 N–H and O–H groups in total. The molecule has 0 aliphatic carbocycles. The van der Waals surface area contributed by atoms with Gasteiger partial charge in [-0.1, -0.05) is 43.7 Å². The van der Waals surface area contributed by atoms with Crippen molar-refractivity contribution < 1.29 is 19.1 Å². The minimum atomic E-state index is -0.750. The van der Waals surface area contributed by atoms with Crippen LogP contribution in [0.2, 0.25) is 0 Å². The van der Waals surface area contributed by atoms with E-state index in [0.29, 0.717) is 11.4 Å². The number of unbranched alkanes of at least 4 members (excludes halogenated alkanes) is 1. The predicted molar refractivity (Wildman–Crippen MR) is 125 cm³/mol. The normalized spacial score (nSPS) is 10.5. The molecule has 3 aromatic rings. The van der Waals surface area contributed by atoms with Crippen LogP contribution in [0.1, 0.15) is 42.7 Å². The first-order chi connectivity index (χ1) is 16.0. The topological polar surface area (TPSA) is 99.5 Å². The number of para-hydroxylation sites is 1. The molecule has 1 amide bonds. The second kappa shape index (κ2) is 11.6. The highest BCUT2D eigenvalue weighted by atomic mass is 16.5. The number of hydrogen-bond acceptors (Lipinski definition) is 6. The van der Waals surface area contributed by atoms with Crippen molar-refractivity contribution in [3.8, 4) is 11.4 Å². The highest BCUT2D eigenvalue weighted by Gasteiger charge is 2.20. The van der Waals surface area contributed by atoms with Crippen LogP contribution in [0.5, 0.6) is 5.75 Å². The summed E-state index contributed by atoms with van der Waals surface area (Å²) >= 11 is 0. The Morgan fingerprint density at radius 3 is 2.42 bits per heavy atom. The number of carbonyl (C=O) groups is 2. The first-order valence-corrected chi connectivity index (χ1v) is 10.9. The molecule has 3 rings (SSSR count). The number of rotatable bonds is 10. The third-order valence-electron chi connectivity index (χ3n) is 4.78. The number of nitrogens with one attached hydrogen (secondary N) is 1. The second-order valence-corrected chi connectivity index (χ2v) is 7.30. The number of aryl methyl sites for hydroxylation is 1. The van der Waals surface area contributed by atoms with Gasteiger partial charge >= 0.3 is 5.97 Å². The third kappa shape index (κ3) is 6.52. The Hall–Kier alpha value is -3.94. The van der Waals surface area contributed by atoms with Crippen molar-refractivity contribution in [1.82, 2.24) is 9.78 Å². The fraction of sp³-hybridized carbons (Fsp3) is 0.280. The van der Waals surface area contributed by atoms with Crippen LogP contribution in [-0.2, 0) is 16.0 Å². The van der Waals surface area contributed by atoms with Crippen molar-refractivity contribution in [3.63, 3.8) is 0 Å². The molecule has 172 valence electrons. The molecule has 0 atom stereocenters. The van der Waals surface area contributed by atoms with Crippen LogP contribution in [0.25, 0.3) is 5.69 Å². The maximum atomic E-state index is 12.6. The van der Waals surface area contributed by atoms with E-state index in [2.05, 4.69) is 17.3 Å². The molecule has 0 radical (unpaired) electrons. The van der Waals surface area contributed by atoms with Crippen molar-refractivity contribution >= 4 is 17.6 Å². The molecular weight excluding hydrogens is 422 g/mol. The lowest BCUT2D eigenvalue weighted by Crippen LogP contribution is -2.27. The van der Waals surface area contributed by atoms with Gasteiger partial charge in [-0.2, -0.15) is 9.78 Å². The van der Waals surface area contributed by atoms with Gasteiger partial charge in [0.25, 0.3) is 11.5 Å². The van der Waals surface area contributed by atoms with Gasteiger partial charge in [0, 0.05) is 5.69 Å². The molecule has 0 spiro atoms. The maximum Gasteiger partial charge on any atom is 0.362 e. The monoisotopic (exact) mass is 449 g/mol. The summed E-state index contributed by atoms with van der Waals surface area (Å²) in [5, 5.41) is 6.87. The van der Waals surface area contributed by atoms with E-state index in [1.54, 1.807) is 37.3 Å². The summed E-state index contributed by atoms with van der Waals surface area (Å²) in [7, 11) is 0. The number of carbonyl (C=O) groups excluding carboxylic acids is 2. The van der Waals surface area contributed by atoms with Gasteiger partial charge in [0.1, 0.15) is 0 Å². The van der Waals surface area contributed by atoms with Gasteiger partial charge in [0.2, 0.25) is 5.69 Å². The average Bonchev–Trinajstić information content (AvgIpc) is 2.83. The molecule has 0 fully saturated rings. The van der Waals surface area contributed by atoms with Gasteiger partial charge < -0.3 is 14.8 Å². The molecule has 0 saturated heterocycles. The lowest BCUT2D eigenvalue weighted by Gasteiger charge is -2.13. The van der Waals surface area contributed by atoms with Crippen LogP contribution in [0.4, 0.5) is 5.69 Å². The van der Waals surface area contributed by atoms with Crippen LogP contribution in [-0.4, -0.2) is 34.9 Å². The Balaban J connectivity index is 1.74. The number of amides is 1. The Labute approximate surface area is 192 Å². The van der Waals surface area contributed by atoms with Gasteiger partial charge in [-0.25, -0.2) is 4.79 Å². The lowest BCUT2D eigenvalue weighted by atomic mass is 10.1. The SMILES string of the molecule is CCCCc1ccc(NC(=O)COc2cc(=O)n(-c3ccccc3)nc2C(=O)OCC)cc1. The molecule has 33 heavy (non-hydrogen) atoms. The number of aromatic nitrogens is 2. The van der Waals surface area contributed by atoms with Crippen LogP contribution in [0.3, 0.4) is 0 Å². The fourth-order valence-corrected chi connectivity index (χ4v) is 3.12. The zero-order chi connectivity index (χ0) is 23.6. The molecule has 0 aliphatic heterocycles. The molecule has 0 saturated carbocycles. The molecule has 0 unspecified atom stereocenters. The Morgan fingerprint density at radius 1 is 1.03 bits per heavy atom. The fourth-order valence-electron chi connectivity index (χ4n) is 3.12. The molecule has 2 aromatic carbocycles. The lowest BCUT2D eigenvalue weighted by molar-refractivity contribution is -0.118. The third-order valence-corrected chi connectivity index (χ3v) is 4.78. The van der Waals surface area contributed by atoms with Crippen molar-refractivity contribution in [2.45, 2.75) is 33.1 Å². The quantitative estimate of drug-likeness (QED) is 0.473. The van der Waals surface area contributed by atoms with Crippen LogP contribution in [0.15, 0.2) is 65.5 Å². The van der Waals surface area contributed by atoms with Crippen LogP contribution >= 0.6 is 0 Å². The van der Waals surface area contributed by atoms with E-state index in [-0.39, 0.29) is 18.1 Å². The molecule has 1 heterocycles. The second-order valence-electron chi connectivity index (χ2n) is 7.30. The standard InChI is InChI=1S/C25H27N3O5/c1-3-5-9-18-12-14-19(15-13-18)26-22(29)17-33-21-16-23(30)28(20-10-7-6-8-11-20)27-24(21)25(31)32-4-2/h6-8,10-16H,3-5,9,17H2,1-2H3,(H,26,29). The van der Waals surface area contributed by atoms with E-state index >= 15 is 0 Å². The number of anilines is 1. The van der Waals surface area contributed by atoms with Gasteiger partial charge in [0.05, 0.1) is 18.4 Å². The minimum absolute atomic E-state index is 0.115. The Bertz CT molecular complexity index is 1140. The summed E-state index contributed by atoms with van der Waals surface area (Å²) in [6.07, 6.45) is 3.22. The van der Waals surface area contributed by atoms with E-state index in [9.17, 15) is 14.4 Å². The number of ether oxygens (including phenoxy) is 2. The van der Waals surface area contributed by atoms with Crippen molar-refractivity contribution in [3.05, 3.63) is 82.3 Å². The van der Waals surface area contributed by atoms with E-state index in [0.717, 1.165) is 30.0 Å². The van der Waals surface area contributed by atoms with Crippen molar-refractivity contribution in [1.29, 1.82) is 0 Å². The Kier molecular flexibility index (Phi) is 8.35. The Morgan fingerprint density at radius 2 is 1.76 bits per heavy atom. The zero-order valence-corrected chi connectivity index (χ0v) is 18.7. The summed E-state index contributed by atoms with van der Waals surface area (Å²) in [6, 6.07) is 17.4. The number of esters is 1. The summed E-state index contributed by atoms with van der Waals surface area (Å²) < 4.78 is 11.6. The highest BCUT2D eigenvalue weighted by molar-refractivity contribution is 5.93. The molecule has 8 heteroatoms. The summed E-state index contributed by atoms with van der Waals surface area (Å²) in [4.78, 5) is 37.4. The number of nitrogens with zero attached hydrogens (tertiary/aromatic N) is 2. The molecular formula is C25H27N3O5. The first-order valence-electron chi connectivity index (χ1n) is 10.9. The largest absolute Gasteiger partial charge is 0.481 e. The van der Waals surface area contributed by atoms with Gasteiger partial charge in [-0.15, -0.1) is 0 Å². The van der Waals surface area contributed by atoms with E-state index in [4.69, 9.17) is 9.47 Å². The minimum Gasteiger partial charge on any atom is -0.481 e. The average molecular weight is 450 g/mol. The first kappa shape index (κ1) is 23.7. The molecule has 0 aliphatic rings. The summed E-state index contributed by atoms with van der Waals surface area (Å²) in [5.41, 5.74) is 1.63. The van der Waals surface area contributed by atoms with E-state index < -0.39 is 24.0 Å². The van der Waals surface area contributed by atoms with Crippen molar-refractivity contribution in [2.75, 3.05) is 18.5 Å².